The van der Waals surface area contributed by atoms with Gasteiger partial charge in [-0.25, -0.2) is 0 Å². The van der Waals surface area contributed by atoms with E-state index in [9.17, 15) is 22.4 Å². The largest absolute Gasteiger partial charge is 0.493 e. The minimum absolute atomic E-state index is 0.225. The maximum absolute atomic E-state index is 13.6. The number of hydrogen-bond acceptors (Lipinski definition) is 6. The van der Waals surface area contributed by atoms with Crippen molar-refractivity contribution in [2.45, 2.75) is 0 Å². The third kappa shape index (κ3) is 5.89. The van der Waals surface area contributed by atoms with Crippen LogP contribution in [0.15, 0.2) is 47.6 Å². The van der Waals surface area contributed by atoms with Gasteiger partial charge in [-0.1, -0.05) is 23.7 Å². The Balaban J connectivity index is 1.65. The lowest BCUT2D eigenvalue weighted by Gasteiger charge is -2.12. The number of ether oxygens (including phenoxy) is 2. The van der Waals surface area contributed by atoms with Crippen LogP contribution in [-0.4, -0.2) is 30.8 Å². The fourth-order valence-corrected chi connectivity index (χ4v) is 2.72. The lowest BCUT2D eigenvalue weighted by atomic mass is 10.2. The summed E-state index contributed by atoms with van der Waals surface area (Å²) in [7, 11) is 1.36. The van der Waals surface area contributed by atoms with Crippen molar-refractivity contribution < 1.29 is 31.8 Å². The lowest BCUT2D eigenvalue weighted by Crippen LogP contribution is -2.20. The molecule has 0 saturated carbocycles. The van der Waals surface area contributed by atoms with Crippen molar-refractivity contribution in [1.82, 2.24) is 4.98 Å². The van der Waals surface area contributed by atoms with Gasteiger partial charge in [-0.3, -0.25) is 10.2 Å². The van der Waals surface area contributed by atoms with E-state index >= 15 is 0 Å². The van der Waals surface area contributed by atoms with Crippen LogP contribution < -0.4 is 20.2 Å². The van der Waals surface area contributed by atoms with Crippen LogP contribution >= 0.6 is 11.6 Å². The second-order valence-corrected chi connectivity index (χ2v) is 6.70. The van der Waals surface area contributed by atoms with Gasteiger partial charge in [-0.15, -0.1) is 0 Å². The van der Waals surface area contributed by atoms with E-state index in [0.29, 0.717) is 16.3 Å². The molecule has 0 radical (unpaired) electrons. The van der Waals surface area contributed by atoms with Crippen molar-refractivity contribution in [3.05, 3.63) is 76.6 Å². The molecule has 0 unspecified atom stereocenters. The molecule has 1 heterocycles. The first-order valence-corrected chi connectivity index (χ1v) is 9.52. The molecule has 1 aromatic heterocycles. The molecule has 2 aromatic carbocycles. The predicted octanol–water partition coefficient (Wildman–Crippen LogP) is 4.76. The Kier molecular flexibility index (Phi) is 7.67. The molecule has 2 N–H and O–H groups in total. The number of carbonyl (C=O) groups is 1. The highest BCUT2D eigenvalue weighted by Crippen LogP contribution is 2.28. The minimum Gasteiger partial charge on any atom is -0.493 e. The third-order valence-corrected chi connectivity index (χ3v) is 4.41. The zero-order valence-corrected chi connectivity index (χ0v) is 17.6. The molecule has 0 aliphatic rings. The summed E-state index contributed by atoms with van der Waals surface area (Å²) in [6.07, 6.45) is 1.12. The smallest absolute Gasteiger partial charge is 0.262 e. The zero-order chi connectivity index (χ0) is 24.0. The second-order valence-electron chi connectivity index (χ2n) is 6.29. The number of hydrogen-bond donors (Lipinski definition) is 2. The van der Waals surface area contributed by atoms with Gasteiger partial charge in [0.15, 0.2) is 18.1 Å². The van der Waals surface area contributed by atoms with E-state index in [2.05, 4.69) is 15.4 Å². The first kappa shape index (κ1) is 23.8. The molecular weight excluding hydrogens is 468 g/mol. The van der Waals surface area contributed by atoms with E-state index in [1.165, 1.54) is 25.3 Å². The highest BCUT2D eigenvalue weighted by molar-refractivity contribution is 6.33. The van der Waals surface area contributed by atoms with Crippen molar-refractivity contribution in [3.63, 3.8) is 0 Å². The summed E-state index contributed by atoms with van der Waals surface area (Å²) in [4.78, 5) is 14.5. The molecule has 0 aliphatic carbocycles. The molecule has 1 amide bonds. The van der Waals surface area contributed by atoms with Crippen LogP contribution in [0.4, 0.5) is 28.9 Å². The molecule has 0 saturated heterocycles. The number of carbonyl (C=O) groups excluding carboxylic acids is 1. The Hall–Kier alpha value is -3.86. The van der Waals surface area contributed by atoms with Gasteiger partial charge in [0, 0.05) is 0 Å². The molecule has 3 aromatic rings. The lowest BCUT2D eigenvalue weighted by molar-refractivity contribution is -0.118. The fraction of sp³-hybridized carbons (Fsp3) is 0.0952. The van der Waals surface area contributed by atoms with Crippen LogP contribution in [0.3, 0.4) is 0 Å². The van der Waals surface area contributed by atoms with Crippen LogP contribution in [0.5, 0.6) is 11.5 Å². The van der Waals surface area contributed by atoms with E-state index in [1.54, 1.807) is 24.3 Å². The maximum Gasteiger partial charge on any atom is 0.262 e. The maximum atomic E-state index is 13.6. The first-order chi connectivity index (χ1) is 15.8. The summed E-state index contributed by atoms with van der Waals surface area (Å²) in [6, 6.07) is 11.1. The summed E-state index contributed by atoms with van der Waals surface area (Å²) in [5.41, 5.74) is 1.57. The SMILES string of the molecule is COc1cc(/C=N/Nc2c(F)c(F)nc(F)c2F)ccc1OCC(=O)Nc1ccccc1Cl. The molecule has 0 fully saturated rings. The van der Waals surface area contributed by atoms with Crippen LogP contribution in [0.25, 0.3) is 0 Å². The second kappa shape index (κ2) is 10.6. The van der Waals surface area contributed by atoms with Crippen molar-refractivity contribution in [3.8, 4) is 11.5 Å². The van der Waals surface area contributed by atoms with Gasteiger partial charge in [0.25, 0.3) is 17.8 Å². The minimum atomic E-state index is -1.81. The molecule has 3 rings (SSSR count). The Morgan fingerprint density at radius 1 is 1.09 bits per heavy atom. The topological polar surface area (TPSA) is 84.8 Å². The number of aromatic nitrogens is 1. The van der Waals surface area contributed by atoms with Crippen LogP contribution in [0.1, 0.15) is 5.56 Å². The monoisotopic (exact) mass is 482 g/mol. The average Bonchev–Trinajstić information content (AvgIpc) is 2.80. The van der Waals surface area contributed by atoms with E-state index in [4.69, 9.17) is 21.1 Å². The molecule has 33 heavy (non-hydrogen) atoms. The highest BCUT2D eigenvalue weighted by atomic mass is 35.5. The summed E-state index contributed by atoms with van der Waals surface area (Å²) >= 11 is 5.99. The molecular formula is C21H15ClF4N4O3. The summed E-state index contributed by atoms with van der Waals surface area (Å²) in [5, 5.41) is 6.54. The normalized spacial score (nSPS) is 10.8. The third-order valence-electron chi connectivity index (χ3n) is 4.08. The summed E-state index contributed by atoms with van der Waals surface area (Å²) in [5.74, 6) is -7.07. The number of para-hydroxylation sites is 1. The van der Waals surface area contributed by atoms with Gasteiger partial charge >= 0.3 is 0 Å². The number of rotatable bonds is 8. The molecule has 172 valence electrons. The number of amides is 1. The number of benzene rings is 2. The number of methoxy groups -OCH3 is 1. The van der Waals surface area contributed by atoms with Crippen molar-refractivity contribution in [2.24, 2.45) is 5.10 Å². The fourth-order valence-electron chi connectivity index (χ4n) is 2.53. The van der Waals surface area contributed by atoms with Crippen molar-refractivity contribution in [2.75, 3.05) is 24.5 Å². The Morgan fingerprint density at radius 2 is 1.79 bits per heavy atom. The van der Waals surface area contributed by atoms with E-state index < -0.39 is 35.1 Å². The standard InChI is InChI=1S/C21H15ClF4N4O3/c1-32-15-8-11(9-27-30-19-17(23)20(25)29-21(26)18(19)24)6-7-14(15)33-10-16(31)28-13-5-3-2-4-12(13)22/h2-9H,10H2,1H3,(H,28,31)(H,29,30)/b27-9+. The summed E-state index contributed by atoms with van der Waals surface area (Å²) in [6.45, 7) is -0.339. The van der Waals surface area contributed by atoms with Gasteiger partial charge in [-0.05, 0) is 35.9 Å². The van der Waals surface area contributed by atoms with Gasteiger partial charge in [0.1, 0.15) is 5.69 Å². The number of nitrogens with zero attached hydrogens (tertiary/aromatic N) is 2. The zero-order valence-electron chi connectivity index (χ0n) is 16.8. The molecule has 0 bridgehead atoms. The van der Waals surface area contributed by atoms with Crippen LogP contribution in [-0.2, 0) is 4.79 Å². The number of pyridine rings is 1. The Morgan fingerprint density at radius 3 is 2.45 bits per heavy atom. The van der Waals surface area contributed by atoms with E-state index in [-0.39, 0.29) is 18.1 Å². The number of hydrazone groups is 1. The average molecular weight is 483 g/mol. The number of anilines is 2. The van der Waals surface area contributed by atoms with Crippen molar-refractivity contribution in [1.29, 1.82) is 0 Å². The van der Waals surface area contributed by atoms with Crippen molar-refractivity contribution >= 4 is 35.1 Å². The van der Waals surface area contributed by atoms with Gasteiger partial charge in [0.2, 0.25) is 11.6 Å². The predicted molar refractivity (Wildman–Crippen MR) is 114 cm³/mol. The molecule has 0 spiro atoms. The molecule has 7 nitrogen and oxygen atoms in total. The summed E-state index contributed by atoms with van der Waals surface area (Å²) < 4.78 is 64.1. The van der Waals surface area contributed by atoms with Crippen LogP contribution in [0.2, 0.25) is 5.02 Å². The van der Waals surface area contributed by atoms with E-state index in [1.807, 2.05) is 5.43 Å². The van der Waals surface area contributed by atoms with Gasteiger partial charge < -0.3 is 14.8 Å². The molecule has 12 heteroatoms. The molecule has 0 atom stereocenters. The Bertz CT molecular complexity index is 1180. The number of nitrogens with one attached hydrogen (secondary N) is 2. The Labute approximate surface area is 190 Å². The quantitative estimate of drug-likeness (QED) is 0.209. The van der Waals surface area contributed by atoms with E-state index in [0.717, 1.165) is 6.21 Å². The van der Waals surface area contributed by atoms with Crippen LogP contribution in [0, 0.1) is 23.5 Å². The number of halogens is 5. The first-order valence-electron chi connectivity index (χ1n) is 9.14. The highest BCUT2D eigenvalue weighted by Gasteiger charge is 2.20. The van der Waals surface area contributed by atoms with Gasteiger partial charge in [0.05, 0.1) is 24.0 Å². The molecule has 0 aliphatic heterocycles. The van der Waals surface area contributed by atoms with Gasteiger partial charge in [-0.2, -0.15) is 27.6 Å².